The van der Waals surface area contributed by atoms with Crippen LogP contribution >= 0.6 is 0 Å². The molecule has 4 heteroatoms. The summed E-state index contributed by atoms with van der Waals surface area (Å²) in [4.78, 5) is 13.6. The Morgan fingerprint density at radius 3 is 2.52 bits per heavy atom. The van der Waals surface area contributed by atoms with Gasteiger partial charge in [0.05, 0.1) is 6.61 Å². The van der Waals surface area contributed by atoms with E-state index in [0.717, 1.165) is 17.7 Å². The second-order valence-electron chi connectivity index (χ2n) is 7.46. The van der Waals surface area contributed by atoms with Gasteiger partial charge in [0, 0.05) is 19.2 Å². The van der Waals surface area contributed by atoms with Gasteiger partial charge in [-0.15, -0.1) is 0 Å². The van der Waals surface area contributed by atoms with E-state index in [2.05, 4.69) is 52.1 Å². The molecule has 1 heterocycles. The Hall–Kier alpha value is -1.13. The SMILES string of the molecule is CN1C(=O)CCc2ccc(CO[Si](C)(C)C(C)(C)C)cc21. The predicted molar refractivity (Wildman–Crippen MR) is 90.2 cm³/mol. The van der Waals surface area contributed by atoms with Crippen molar-refractivity contribution in [2.24, 2.45) is 0 Å². The standard InChI is InChI=1S/C17H27NO2Si/c1-17(2,3)21(5,6)20-12-13-7-8-14-9-10-16(19)18(4)15(14)11-13/h7-8,11H,9-10,12H2,1-6H3. The van der Waals surface area contributed by atoms with Gasteiger partial charge in [-0.3, -0.25) is 4.79 Å². The quantitative estimate of drug-likeness (QED) is 0.786. The van der Waals surface area contributed by atoms with E-state index in [-0.39, 0.29) is 10.9 Å². The molecule has 2 rings (SSSR count). The third-order valence-corrected chi connectivity index (χ3v) is 9.38. The third-order valence-electron chi connectivity index (χ3n) is 4.90. The minimum atomic E-state index is -1.73. The highest BCUT2D eigenvalue weighted by Crippen LogP contribution is 2.37. The summed E-state index contributed by atoms with van der Waals surface area (Å²) in [6.07, 6.45) is 1.46. The average Bonchev–Trinajstić information content (AvgIpc) is 2.40. The van der Waals surface area contributed by atoms with Crippen LogP contribution in [0.4, 0.5) is 5.69 Å². The molecule has 1 amide bonds. The summed E-state index contributed by atoms with van der Waals surface area (Å²) in [5, 5.41) is 0.216. The largest absolute Gasteiger partial charge is 0.413 e. The summed E-state index contributed by atoms with van der Waals surface area (Å²) in [5.41, 5.74) is 3.45. The highest BCUT2D eigenvalue weighted by atomic mass is 28.4. The van der Waals surface area contributed by atoms with Crippen LogP contribution in [0.1, 0.15) is 38.3 Å². The van der Waals surface area contributed by atoms with E-state index in [1.54, 1.807) is 4.90 Å². The lowest BCUT2D eigenvalue weighted by molar-refractivity contribution is -0.118. The van der Waals surface area contributed by atoms with E-state index >= 15 is 0 Å². The summed E-state index contributed by atoms with van der Waals surface area (Å²) in [6.45, 7) is 11.9. The Morgan fingerprint density at radius 1 is 1.24 bits per heavy atom. The topological polar surface area (TPSA) is 29.5 Å². The first-order valence-electron chi connectivity index (χ1n) is 7.64. The lowest BCUT2D eigenvalue weighted by Gasteiger charge is -2.36. The van der Waals surface area contributed by atoms with Crippen LogP contribution in [0.3, 0.4) is 0 Å². The molecule has 0 atom stereocenters. The van der Waals surface area contributed by atoms with Crippen LogP contribution in [0, 0.1) is 0 Å². The molecule has 0 aliphatic carbocycles. The molecule has 1 aliphatic rings. The molecule has 21 heavy (non-hydrogen) atoms. The van der Waals surface area contributed by atoms with Gasteiger partial charge in [-0.2, -0.15) is 0 Å². The molecule has 0 aromatic heterocycles. The summed E-state index contributed by atoms with van der Waals surface area (Å²) in [7, 11) is 0.126. The molecule has 0 radical (unpaired) electrons. The zero-order valence-corrected chi connectivity index (χ0v) is 15.1. The van der Waals surface area contributed by atoms with Crippen molar-refractivity contribution in [1.29, 1.82) is 0 Å². The number of amides is 1. The Balaban J connectivity index is 2.15. The third kappa shape index (κ3) is 3.38. The van der Waals surface area contributed by atoms with Crippen LogP contribution in [-0.4, -0.2) is 21.3 Å². The number of benzene rings is 1. The van der Waals surface area contributed by atoms with Gasteiger partial charge in [-0.1, -0.05) is 32.9 Å². The molecule has 3 nitrogen and oxygen atoms in total. The minimum absolute atomic E-state index is 0.199. The molecule has 0 bridgehead atoms. The van der Waals surface area contributed by atoms with Crippen molar-refractivity contribution >= 4 is 19.9 Å². The van der Waals surface area contributed by atoms with E-state index in [1.807, 2.05) is 7.05 Å². The summed E-state index contributed by atoms with van der Waals surface area (Å²) in [5.74, 6) is 0.199. The summed E-state index contributed by atoms with van der Waals surface area (Å²) < 4.78 is 6.27. The van der Waals surface area contributed by atoms with Gasteiger partial charge in [0.2, 0.25) is 5.91 Å². The maximum absolute atomic E-state index is 11.8. The van der Waals surface area contributed by atoms with E-state index < -0.39 is 8.32 Å². The molecule has 0 saturated carbocycles. The molecule has 116 valence electrons. The monoisotopic (exact) mass is 305 g/mol. The Bertz CT molecular complexity index is 546. The smallest absolute Gasteiger partial charge is 0.227 e. The van der Waals surface area contributed by atoms with Gasteiger partial charge in [-0.25, -0.2) is 0 Å². The van der Waals surface area contributed by atoms with Crippen LogP contribution in [0.2, 0.25) is 18.1 Å². The second-order valence-corrected chi connectivity index (χ2v) is 12.3. The average molecular weight is 305 g/mol. The molecule has 0 unspecified atom stereocenters. The number of hydrogen-bond acceptors (Lipinski definition) is 2. The van der Waals surface area contributed by atoms with Crippen molar-refractivity contribution < 1.29 is 9.22 Å². The lowest BCUT2D eigenvalue weighted by Crippen LogP contribution is -2.40. The van der Waals surface area contributed by atoms with Gasteiger partial charge >= 0.3 is 0 Å². The summed E-state index contributed by atoms with van der Waals surface area (Å²) >= 11 is 0. The fourth-order valence-electron chi connectivity index (χ4n) is 2.25. The lowest BCUT2D eigenvalue weighted by atomic mass is 10.00. The van der Waals surface area contributed by atoms with E-state index in [0.29, 0.717) is 13.0 Å². The zero-order valence-electron chi connectivity index (χ0n) is 14.1. The van der Waals surface area contributed by atoms with Gasteiger partial charge in [0.1, 0.15) is 0 Å². The molecule has 0 N–H and O–H groups in total. The number of carbonyl (C=O) groups is 1. The fourth-order valence-corrected chi connectivity index (χ4v) is 3.21. The molecular weight excluding hydrogens is 278 g/mol. The molecular formula is C17H27NO2Si. The number of fused-ring (bicyclic) bond motifs is 1. The predicted octanol–water partition coefficient (Wildman–Crippen LogP) is 4.12. The first-order valence-corrected chi connectivity index (χ1v) is 10.5. The van der Waals surface area contributed by atoms with Crippen molar-refractivity contribution in [2.75, 3.05) is 11.9 Å². The van der Waals surface area contributed by atoms with Crippen molar-refractivity contribution in [2.45, 2.75) is 58.4 Å². The normalized spacial score (nSPS) is 16.1. The Kier molecular flexibility index (Phi) is 4.31. The first-order chi connectivity index (χ1) is 9.62. The first kappa shape index (κ1) is 16.2. The number of rotatable bonds is 3. The molecule has 1 aromatic rings. The van der Waals surface area contributed by atoms with Gasteiger partial charge in [-0.05, 0) is 41.7 Å². The molecule has 0 fully saturated rings. The van der Waals surface area contributed by atoms with Gasteiger partial charge in [0.25, 0.3) is 0 Å². The number of anilines is 1. The summed E-state index contributed by atoms with van der Waals surface area (Å²) in [6, 6.07) is 6.39. The molecule has 1 aliphatic heterocycles. The molecule has 0 saturated heterocycles. The minimum Gasteiger partial charge on any atom is -0.413 e. The van der Waals surface area contributed by atoms with E-state index in [4.69, 9.17) is 4.43 Å². The van der Waals surface area contributed by atoms with E-state index in [9.17, 15) is 4.79 Å². The second kappa shape index (κ2) is 5.58. The van der Waals surface area contributed by atoms with E-state index in [1.165, 1.54) is 5.56 Å². The van der Waals surface area contributed by atoms with Crippen molar-refractivity contribution in [3.63, 3.8) is 0 Å². The van der Waals surface area contributed by atoms with Crippen LogP contribution in [0.5, 0.6) is 0 Å². The molecule has 1 aromatic carbocycles. The van der Waals surface area contributed by atoms with Crippen LogP contribution in [-0.2, 0) is 22.2 Å². The van der Waals surface area contributed by atoms with Gasteiger partial charge < -0.3 is 9.33 Å². The zero-order chi connectivity index (χ0) is 15.8. The maximum atomic E-state index is 11.8. The maximum Gasteiger partial charge on any atom is 0.227 e. The number of carbonyl (C=O) groups excluding carboxylic acids is 1. The number of aryl methyl sites for hydroxylation is 1. The van der Waals surface area contributed by atoms with Crippen molar-refractivity contribution in [3.8, 4) is 0 Å². The Morgan fingerprint density at radius 2 is 1.90 bits per heavy atom. The van der Waals surface area contributed by atoms with Crippen molar-refractivity contribution in [1.82, 2.24) is 0 Å². The van der Waals surface area contributed by atoms with Crippen LogP contribution in [0.15, 0.2) is 18.2 Å². The van der Waals surface area contributed by atoms with Crippen LogP contribution < -0.4 is 4.90 Å². The molecule has 0 spiro atoms. The number of nitrogens with zero attached hydrogens (tertiary/aromatic N) is 1. The Labute approximate surface area is 129 Å². The van der Waals surface area contributed by atoms with Crippen molar-refractivity contribution in [3.05, 3.63) is 29.3 Å². The highest BCUT2D eigenvalue weighted by molar-refractivity contribution is 6.74. The van der Waals surface area contributed by atoms with Crippen LogP contribution in [0.25, 0.3) is 0 Å². The number of hydrogen-bond donors (Lipinski definition) is 0. The fraction of sp³-hybridized carbons (Fsp3) is 0.588. The highest BCUT2D eigenvalue weighted by Gasteiger charge is 2.37. The van der Waals surface area contributed by atoms with Gasteiger partial charge in [0.15, 0.2) is 8.32 Å².